The molecule has 0 saturated heterocycles. The molecular formula is C20H18F4N4O2S. The third-order valence-corrected chi connectivity index (χ3v) is 4.85. The van der Waals surface area contributed by atoms with Crippen molar-refractivity contribution in [1.82, 2.24) is 14.7 Å². The Morgan fingerprint density at radius 1 is 0.903 bits per heavy atom. The second-order valence-electron chi connectivity index (χ2n) is 6.58. The smallest absolute Gasteiger partial charge is 0.368 e. The van der Waals surface area contributed by atoms with Gasteiger partial charge in [-0.3, -0.25) is 0 Å². The van der Waals surface area contributed by atoms with Crippen LogP contribution < -0.4 is 10.0 Å². The second kappa shape index (κ2) is 8.98. The van der Waals surface area contributed by atoms with Crippen molar-refractivity contribution in [3.05, 3.63) is 66.2 Å². The van der Waals surface area contributed by atoms with Gasteiger partial charge in [0.1, 0.15) is 11.6 Å². The van der Waals surface area contributed by atoms with Crippen LogP contribution in [0.2, 0.25) is 0 Å². The van der Waals surface area contributed by atoms with Gasteiger partial charge in [0.05, 0.1) is 17.5 Å². The average Bonchev–Trinajstić information content (AvgIpc) is 2.70. The van der Waals surface area contributed by atoms with E-state index in [2.05, 4.69) is 20.0 Å². The molecule has 0 aliphatic rings. The molecule has 0 aliphatic carbocycles. The van der Waals surface area contributed by atoms with Gasteiger partial charge in [0, 0.05) is 18.7 Å². The van der Waals surface area contributed by atoms with Crippen molar-refractivity contribution in [2.75, 3.05) is 24.7 Å². The number of hydrogen-bond donors (Lipinski definition) is 2. The number of nitrogens with zero attached hydrogens (tertiary/aromatic N) is 2. The zero-order valence-corrected chi connectivity index (χ0v) is 17.1. The molecule has 31 heavy (non-hydrogen) atoms. The van der Waals surface area contributed by atoms with Gasteiger partial charge in [-0.2, -0.15) is 13.2 Å². The lowest BCUT2D eigenvalue weighted by atomic mass is 9.99. The first-order chi connectivity index (χ1) is 14.5. The third kappa shape index (κ3) is 5.98. The number of benzene rings is 2. The number of rotatable bonds is 7. The highest BCUT2D eigenvalue weighted by molar-refractivity contribution is 7.88. The zero-order valence-electron chi connectivity index (χ0n) is 16.2. The lowest BCUT2D eigenvalue weighted by molar-refractivity contribution is -0.144. The van der Waals surface area contributed by atoms with Gasteiger partial charge in [-0.15, -0.1) is 0 Å². The van der Waals surface area contributed by atoms with Crippen LogP contribution in [0.3, 0.4) is 0 Å². The summed E-state index contributed by atoms with van der Waals surface area (Å²) >= 11 is 0. The topological polar surface area (TPSA) is 84.0 Å². The monoisotopic (exact) mass is 454 g/mol. The van der Waals surface area contributed by atoms with E-state index in [1.54, 1.807) is 30.3 Å². The molecule has 3 aromatic rings. The van der Waals surface area contributed by atoms with Crippen LogP contribution in [0, 0.1) is 5.82 Å². The van der Waals surface area contributed by atoms with Gasteiger partial charge in [0.25, 0.3) is 0 Å². The summed E-state index contributed by atoms with van der Waals surface area (Å²) in [6, 6.07) is 13.4. The minimum atomic E-state index is -4.83. The molecule has 0 saturated carbocycles. The van der Waals surface area contributed by atoms with Crippen molar-refractivity contribution in [2.45, 2.75) is 6.18 Å². The molecule has 3 rings (SSSR count). The highest BCUT2D eigenvalue weighted by Gasteiger charge is 2.36. The van der Waals surface area contributed by atoms with E-state index in [4.69, 9.17) is 0 Å². The Kier molecular flexibility index (Phi) is 6.56. The van der Waals surface area contributed by atoms with Crippen LogP contribution in [0.15, 0.2) is 54.6 Å². The van der Waals surface area contributed by atoms with Gasteiger partial charge in [0.15, 0.2) is 0 Å². The molecule has 1 aromatic heterocycles. The minimum absolute atomic E-state index is 0.0237. The van der Waals surface area contributed by atoms with Crippen LogP contribution in [0.1, 0.15) is 5.82 Å². The molecule has 0 atom stereocenters. The maximum absolute atomic E-state index is 13.5. The van der Waals surface area contributed by atoms with E-state index >= 15 is 0 Å². The van der Waals surface area contributed by atoms with Gasteiger partial charge in [0.2, 0.25) is 15.8 Å². The summed E-state index contributed by atoms with van der Waals surface area (Å²) in [6.45, 7) is -0.0889. The Hall–Kier alpha value is -3.05. The number of sulfonamides is 1. The lowest BCUT2D eigenvalue weighted by Crippen LogP contribution is -2.28. The highest BCUT2D eigenvalue weighted by Crippen LogP contribution is 2.38. The molecular weight excluding hydrogens is 436 g/mol. The first-order valence-electron chi connectivity index (χ1n) is 9.04. The van der Waals surface area contributed by atoms with E-state index in [0.29, 0.717) is 5.56 Å². The van der Waals surface area contributed by atoms with Crippen molar-refractivity contribution in [1.29, 1.82) is 0 Å². The quantitative estimate of drug-likeness (QED) is 0.418. The number of halogens is 4. The van der Waals surface area contributed by atoms with Crippen LogP contribution >= 0.6 is 0 Å². The summed E-state index contributed by atoms with van der Waals surface area (Å²) in [5, 5.41) is 2.77. The summed E-state index contributed by atoms with van der Waals surface area (Å²) in [6.07, 6.45) is -3.85. The maximum Gasteiger partial charge on any atom is 0.451 e. The van der Waals surface area contributed by atoms with E-state index in [1.165, 1.54) is 12.1 Å². The molecule has 0 radical (unpaired) electrons. The molecule has 11 heteroatoms. The SMILES string of the molecule is CS(=O)(=O)NCCNc1nc(C(F)(F)F)nc(-c2ccc(F)cc2)c1-c1ccccc1. The van der Waals surface area contributed by atoms with Gasteiger partial charge >= 0.3 is 6.18 Å². The number of aromatic nitrogens is 2. The van der Waals surface area contributed by atoms with Crippen LogP contribution in [0.5, 0.6) is 0 Å². The first kappa shape index (κ1) is 22.6. The third-order valence-electron chi connectivity index (χ3n) is 4.12. The fourth-order valence-corrected chi connectivity index (χ4v) is 3.30. The molecule has 0 amide bonds. The lowest BCUT2D eigenvalue weighted by Gasteiger charge is -2.18. The molecule has 0 unspecified atom stereocenters. The Balaban J connectivity index is 2.16. The molecule has 2 aromatic carbocycles. The standard InChI is InChI=1S/C20H18F4N4O2S/c1-31(29,30)26-12-11-25-18-16(13-5-3-2-4-6-13)17(14-7-9-15(21)10-8-14)27-19(28-18)20(22,23)24/h2-10,26H,11-12H2,1H3,(H,25,27,28). The van der Waals surface area contributed by atoms with E-state index in [0.717, 1.165) is 18.4 Å². The van der Waals surface area contributed by atoms with E-state index in [-0.39, 0.29) is 35.7 Å². The van der Waals surface area contributed by atoms with Crippen LogP contribution in [-0.2, 0) is 16.2 Å². The van der Waals surface area contributed by atoms with Crippen molar-refractivity contribution >= 4 is 15.8 Å². The zero-order chi connectivity index (χ0) is 22.6. The van der Waals surface area contributed by atoms with Gasteiger partial charge in [-0.25, -0.2) is 27.5 Å². The maximum atomic E-state index is 13.5. The van der Waals surface area contributed by atoms with Crippen molar-refractivity contribution in [3.63, 3.8) is 0 Å². The van der Waals surface area contributed by atoms with E-state index < -0.39 is 27.8 Å². The summed E-state index contributed by atoms with van der Waals surface area (Å²) < 4.78 is 78.6. The Morgan fingerprint density at radius 2 is 1.55 bits per heavy atom. The summed E-state index contributed by atoms with van der Waals surface area (Å²) in [4.78, 5) is 7.40. The van der Waals surface area contributed by atoms with Crippen molar-refractivity contribution < 1.29 is 26.0 Å². The van der Waals surface area contributed by atoms with Crippen molar-refractivity contribution in [2.24, 2.45) is 0 Å². The Labute approximate surface area is 176 Å². The second-order valence-corrected chi connectivity index (χ2v) is 8.42. The average molecular weight is 454 g/mol. The number of hydrogen-bond acceptors (Lipinski definition) is 5. The number of nitrogens with one attached hydrogen (secondary N) is 2. The molecule has 2 N–H and O–H groups in total. The Bertz CT molecular complexity index is 1150. The van der Waals surface area contributed by atoms with Crippen LogP contribution in [-0.4, -0.2) is 37.7 Å². The fraction of sp³-hybridized carbons (Fsp3) is 0.200. The summed E-state index contributed by atoms with van der Waals surface area (Å²) in [5.41, 5.74) is 1.05. The summed E-state index contributed by atoms with van der Waals surface area (Å²) in [7, 11) is -3.47. The number of alkyl halides is 3. The molecule has 0 bridgehead atoms. The summed E-state index contributed by atoms with van der Waals surface area (Å²) in [5.74, 6) is -2.03. The highest BCUT2D eigenvalue weighted by atomic mass is 32.2. The molecule has 0 aliphatic heterocycles. The molecule has 6 nitrogen and oxygen atoms in total. The Morgan fingerprint density at radius 3 is 2.13 bits per heavy atom. The van der Waals surface area contributed by atoms with E-state index in [9.17, 15) is 26.0 Å². The predicted molar refractivity (Wildman–Crippen MR) is 109 cm³/mol. The first-order valence-corrected chi connectivity index (χ1v) is 10.9. The van der Waals surface area contributed by atoms with Crippen LogP contribution in [0.4, 0.5) is 23.4 Å². The molecule has 0 fully saturated rings. The van der Waals surface area contributed by atoms with Gasteiger partial charge in [-0.05, 0) is 29.8 Å². The minimum Gasteiger partial charge on any atom is -0.368 e. The van der Waals surface area contributed by atoms with Crippen LogP contribution in [0.25, 0.3) is 22.4 Å². The number of anilines is 1. The van der Waals surface area contributed by atoms with Gasteiger partial charge < -0.3 is 5.32 Å². The molecule has 164 valence electrons. The fourth-order valence-electron chi connectivity index (χ4n) is 2.83. The predicted octanol–water partition coefficient (Wildman–Crippen LogP) is 3.93. The van der Waals surface area contributed by atoms with Gasteiger partial charge in [-0.1, -0.05) is 30.3 Å². The normalized spacial score (nSPS) is 12.0. The van der Waals surface area contributed by atoms with Crippen molar-refractivity contribution in [3.8, 4) is 22.4 Å². The van der Waals surface area contributed by atoms with E-state index in [1.807, 2.05) is 0 Å². The molecule has 1 heterocycles. The largest absolute Gasteiger partial charge is 0.451 e. The molecule has 0 spiro atoms.